The van der Waals surface area contributed by atoms with Crippen molar-refractivity contribution in [1.29, 1.82) is 0 Å². The maximum Gasteiger partial charge on any atom is 0.420 e. The van der Waals surface area contributed by atoms with Crippen LogP contribution in [-0.2, 0) is 0 Å². The zero-order chi connectivity index (χ0) is 11.7. The van der Waals surface area contributed by atoms with Crippen LogP contribution in [0.4, 0.5) is 0 Å². The number of aromatic nitrogens is 2. The van der Waals surface area contributed by atoms with Gasteiger partial charge in [-0.1, -0.05) is 13.8 Å². The predicted molar refractivity (Wildman–Crippen MR) is 62.6 cm³/mol. The summed E-state index contributed by atoms with van der Waals surface area (Å²) < 4.78 is 7.00. The van der Waals surface area contributed by atoms with Gasteiger partial charge in [-0.3, -0.25) is 9.55 Å². The van der Waals surface area contributed by atoms with Crippen molar-refractivity contribution < 1.29 is 4.42 Å². The third kappa shape index (κ3) is 1.54. The van der Waals surface area contributed by atoms with E-state index in [0.717, 1.165) is 23.9 Å². The van der Waals surface area contributed by atoms with Crippen LogP contribution in [-0.4, -0.2) is 9.55 Å². The summed E-state index contributed by atoms with van der Waals surface area (Å²) in [7, 11) is 0. The van der Waals surface area contributed by atoms with Crippen molar-refractivity contribution in [3.63, 3.8) is 0 Å². The molecule has 2 heterocycles. The highest BCUT2D eigenvalue weighted by atomic mass is 16.4. The minimum atomic E-state index is -0.278. The molecule has 2 aromatic rings. The molecular formula is C12H16N2O2. The summed E-state index contributed by atoms with van der Waals surface area (Å²) >= 11 is 0. The minimum Gasteiger partial charge on any atom is -0.407 e. The Morgan fingerprint density at radius 3 is 2.69 bits per heavy atom. The molecule has 0 aliphatic heterocycles. The van der Waals surface area contributed by atoms with Gasteiger partial charge in [0.15, 0.2) is 5.58 Å². The quantitative estimate of drug-likeness (QED) is 0.799. The summed E-state index contributed by atoms with van der Waals surface area (Å²) in [4.78, 5) is 15.9. The molecule has 0 unspecified atom stereocenters. The molecule has 2 aromatic heterocycles. The van der Waals surface area contributed by atoms with E-state index in [1.54, 1.807) is 17.0 Å². The van der Waals surface area contributed by atoms with Crippen LogP contribution in [0.15, 0.2) is 21.6 Å². The average molecular weight is 220 g/mol. The molecular weight excluding hydrogens is 204 g/mol. The lowest BCUT2D eigenvalue weighted by atomic mass is 10.1. The summed E-state index contributed by atoms with van der Waals surface area (Å²) in [6, 6.07) is 0.192. The first-order valence-corrected chi connectivity index (χ1v) is 5.64. The summed E-state index contributed by atoms with van der Waals surface area (Å²) in [5.41, 5.74) is 2.37. The summed E-state index contributed by atoms with van der Waals surface area (Å²) in [5.74, 6) is -0.278. The molecule has 0 aliphatic carbocycles. The molecule has 0 bridgehead atoms. The first-order valence-electron chi connectivity index (χ1n) is 5.64. The molecule has 0 amide bonds. The second-order valence-electron chi connectivity index (χ2n) is 4.01. The Morgan fingerprint density at radius 2 is 2.06 bits per heavy atom. The molecule has 0 aromatic carbocycles. The molecule has 0 saturated heterocycles. The van der Waals surface area contributed by atoms with Crippen molar-refractivity contribution in [3.8, 4) is 0 Å². The Bertz CT molecular complexity index is 550. The predicted octanol–water partition coefficient (Wildman–Crippen LogP) is 2.66. The fourth-order valence-corrected chi connectivity index (χ4v) is 2.08. The van der Waals surface area contributed by atoms with Crippen molar-refractivity contribution in [1.82, 2.24) is 9.55 Å². The largest absolute Gasteiger partial charge is 0.420 e. The standard InChI is InChI=1S/C12H16N2O2/c1-4-9(5-2)14-10-7-13-6-8(3)11(10)16-12(14)15/h6-7,9H,4-5H2,1-3H3. The molecule has 0 saturated carbocycles. The molecule has 0 aliphatic rings. The van der Waals surface area contributed by atoms with Crippen LogP contribution in [0.3, 0.4) is 0 Å². The van der Waals surface area contributed by atoms with Crippen molar-refractivity contribution in [2.45, 2.75) is 39.7 Å². The van der Waals surface area contributed by atoms with Gasteiger partial charge in [0.1, 0.15) is 5.52 Å². The average Bonchev–Trinajstić information content (AvgIpc) is 2.60. The summed E-state index contributed by atoms with van der Waals surface area (Å²) in [5, 5.41) is 0. The van der Waals surface area contributed by atoms with E-state index in [2.05, 4.69) is 18.8 Å². The Kier molecular flexibility index (Phi) is 2.81. The molecule has 4 heteroatoms. The molecule has 0 radical (unpaired) electrons. The molecule has 2 rings (SSSR count). The van der Waals surface area contributed by atoms with Crippen molar-refractivity contribution >= 4 is 11.1 Å². The molecule has 16 heavy (non-hydrogen) atoms. The zero-order valence-electron chi connectivity index (χ0n) is 9.86. The van der Waals surface area contributed by atoms with Gasteiger partial charge in [-0.05, 0) is 19.8 Å². The monoisotopic (exact) mass is 220 g/mol. The normalized spacial score (nSPS) is 11.5. The number of hydrogen-bond donors (Lipinski definition) is 0. The highest BCUT2D eigenvalue weighted by Gasteiger charge is 2.16. The van der Waals surface area contributed by atoms with E-state index >= 15 is 0 Å². The first kappa shape index (κ1) is 10.9. The Hall–Kier alpha value is -1.58. The highest BCUT2D eigenvalue weighted by molar-refractivity contribution is 5.75. The van der Waals surface area contributed by atoms with E-state index < -0.39 is 0 Å². The Balaban J connectivity index is 2.74. The van der Waals surface area contributed by atoms with E-state index in [-0.39, 0.29) is 11.8 Å². The molecule has 4 nitrogen and oxygen atoms in total. The van der Waals surface area contributed by atoms with E-state index in [0.29, 0.717) is 5.58 Å². The van der Waals surface area contributed by atoms with Crippen LogP contribution in [0.25, 0.3) is 11.1 Å². The van der Waals surface area contributed by atoms with Crippen LogP contribution < -0.4 is 5.76 Å². The smallest absolute Gasteiger partial charge is 0.407 e. The fraction of sp³-hybridized carbons (Fsp3) is 0.500. The van der Waals surface area contributed by atoms with Crippen molar-refractivity contribution in [2.75, 3.05) is 0 Å². The van der Waals surface area contributed by atoms with Crippen LogP contribution >= 0.6 is 0 Å². The third-order valence-electron chi connectivity index (χ3n) is 3.01. The van der Waals surface area contributed by atoms with Gasteiger partial charge in [-0.2, -0.15) is 0 Å². The number of rotatable bonds is 3. The van der Waals surface area contributed by atoms with E-state index in [4.69, 9.17) is 4.42 Å². The lowest BCUT2D eigenvalue weighted by Gasteiger charge is -2.12. The number of aryl methyl sites for hydroxylation is 1. The maximum absolute atomic E-state index is 11.8. The number of fused-ring (bicyclic) bond motifs is 1. The van der Waals surface area contributed by atoms with Gasteiger partial charge in [0.25, 0.3) is 0 Å². The number of nitrogens with zero attached hydrogens (tertiary/aromatic N) is 2. The fourth-order valence-electron chi connectivity index (χ4n) is 2.08. The molecule has 0 spiro atoms. The number of oxazole rings is 1. The van der Waals surface area contributed by atoms with E-state index in [9.17, 15) is 4.79 Å². The minimum absolute atomic E-state index is 0.192. The molecule has 86 valence electrons. The van der Waals surface area contributed by atoms with Gasteiger partial charge in [-0.15, -0.1) is 0 Å². The lowest BCUT2D eigenvalue weighted by Crippen LogP contribution is -2.19. The van der Waals surface area contributed by atoms with Gasteiger partial charge < -0.3 is 4.42 Å². The first-order chi connectivity index (χ1) is 7.69. The SMILES string of the molecule is CCC(CC)n1c(=O)oc2c(C)cncc21. The number of pyridine rings is 1. The van der Waals surface area contributed by atoms with E-state index in [1.165, 1.54) is 0 Å². The van der Waals surface area contributed by atoms with Gasteiger partial charge in [0.05, 0.1) is 6.20 Å². The Morgan fingerprint density at radius 1 is 1.38 bits per heavy atom. The van der Waals surface area contributed by atoms with Crippen LogP contribution in [0.1, 0.15) is 38.3 Å². The molecule has 0 atom stereocenters. The van der Waals surface area contributed by atoms with Gasteiger partial charge in [0, 0.05) is 17.8 Å². The second kappa shape index (κ2) is 4.12. The zero-order valence-corrected chi connectivity index (χ0v) is 9.86. The topological polar surface area (TPSA) is 48.0 Å². The molecule has 0 fully saturated rings. The summed E-state index contributed by atoms with van der Waals surface area (Å²) in [6.07, 6.45) is 5.24. The third-order valence-corrected chi connectivity index (χ3v) is 3.01. The van der Waals surface area contributed by atoms with Gasteiger partial charge in [-0.25, -0.2) is 4.79 Å². The second-order valence-corrected chi connectivity index (χ2v) is 4.01. The van der Waals surface area contributed by atoms with E-state index in [1.807, 2.05) is 6.92 Å². The van der Waals surface area contributed by atoms with Crippen molar-refractivity contribution in [3.05, 3.63) is 28.5 Å². The van der Waals surface area contributed by atoms with Gasteiger partial charge in [0.2, 0.25) is 0 Å². The summed E-state index contributed by atoms with van der Waals surface area (Å²) in [6.45, 7) is 6.04. The van der Waals surface area contributed by atoms with Crippen LogP contribution in [0.5, 0.6) is 0 Å². The number of hydrogen-bond acceptors (Lipinski definition) is 3. The van der Waals surface area contributed by atoms with Gasteiger partial charge >= 0.3 is 5.76 Å². The molecule has 0 N–H and O–H groups in total. The van der Waals surface area contributed by atoms with Crippen LogP contribution in [0.2, 0.25) is 0 Å². The highest BCUT2D eigenvalue weighted by Crippen LogP contribution is 2.22. The van der Waals surface area contributed by atoms with Crippen molar-refractivity contribution in [2.24, 2.45) is 0 Å². The maximum atomic E-state index is 11.8. The van der Waals surface area contributed by atoms with Crippen LogP contribution in [0, 0.1) is 6.92 Å². The lowest BCUT2D eigenvalue weighted by molar-refractivity contribution is 0.420. The Labute approximate surface area is 93.9 Å².